The van der Waals surface area contributed by atoms with Crippen LogP contribution >= 0.6 is 0 Å². The Morgan fingerprint density at radius 2 is 1.71 bits per heavy atom. The first-order chi connectivity index (χ1) is 8.33. The summed E-state index contributed by atoms with van der Waals surface area (Å²) in [7, 11) is 0. The average Bonchev–Trinajstić information content (AvgIpc) is 3.00. The van der Waals surface area contributed by atoms with Gasteiger partial charge in [0.1, 0.15) is 0 Å². The smallest absolute Gasteiger partial charge is 0.0368 e. The molecular weight excluding hydrogens is 210 g/mol. The molecule has 0 bridgehead atoms. The van der Waals surface area contributed by atoms with E-state index in [1.165, 1.54) is 51.1 Å². The summed E-state index contributed by atoms with van der Waals surface area (Å²) in [6, 6.07) is 9.05. The molecule has 2 saturated heterocycles. The van der Waals surface area contributed by atoms with E-state index in [1.54, 1.807) is 0 Å². The number of benzene rings is 1. The van der Waals surface area contributed by atoms with E-state index in [0.717, 1.165) is 11.7 Å². The summed E-state index contributed by atoms with van der Waals surface area (Å²) in [6.07, 6.45) is 4.08. The van der Waals surface area contributed by atoms with Gasteiger partial charge in [0.2, 0.25) is 0 Å². The van der Waals surface area contributed by atoms with E-state index >= 15 is 0 Å². The Kier molecular flexibility index (Phi) is 2.93. The number of nitrogen functional groups attached to an aromatic ring is 1. The molecule has 3 nitrogen and oxygen atoms in total. The minimum atomic E-state index is 0.773. The van der Waals surface area contributed by atoms with Gasteiger partial charge in [-0.2, -0.15) is 0 Å². The van der Waals surface area contributed by atoms with Gasteiger partial charge in [0, 0.05) is 30.5 Å². The average molecular weight is 231 g/mol. The van der Waals surface area contributed by atoms with Gasteiger partial charge in [-0.25, -0.2) is 0 Å². The molecule has 1 aromatic carbocycles. The van der Waals surface area contributed by atoms with Crippen LogP contribution in [0.5, 0.6) is 0 Å². The van der Waals surface area contributed by atoms with Crippen LogP contribution in [0.15, 0.2) is 24.3 Å². The summed E-state index contributed by atoms with van der Waals surface area (Å²) in [4.78, 5) is 5.15. The third-order valence-electron chi connectivity index (χ3n) is 4.08. The number of rotatable bonds is 2. The summed E-state index contributed by atoms with van der Waals surface area (Å²) in [5, 5.41) is 0. The minimum Gasteiger partial charge on any atom is -0.399 e. The maximum atomic E-state index is 5.73. The molecular formula is C14H21N3. The molecule has 3 heteroatoms. The van der Waals surface area contributed by atoms with E-state index in [2.05, 4.69) is 21.9 Å². The molecule has 1 unspecified atom stereocenters. The number of anilines is 2. The third kappa shape index (κ3) is 2.25. The predicted octanol–water partition coefficient (Wildman–Crippen LogP) is 1.94. The molecule has 2 heterocycles. The van der Waals surface area contributed by atoms with Crippen LogP contribution in [-0.2, 0) is 0 Å². The zero-order chi connectivity index (χ0) is 11.7. The number of nitrogens with zero attached hydrogens (tertiary/aromatic N) is 2. The molecule has 0 saturated carbocycles. The van der Waals surface area contributed by atoms with Crippen LogP contribution < -0.4 is 10.6 Å². The Bertz CT molecular complexity index is 368. The van der Waals surface area contributed by atoms with Crippen LogP contribution in [0.2, 0.25) is 0 Å². The topological polar surface area (TPSA) is 32.5 Å². The first kappa shape index (κ1) is 10.9. The van der Waals surface area contributed by atoms with E-state index in [-0.39, 0.29) is 0 Å². The van der Waals surface area contributed by atoms with Crippen LogP contribution in [-0.4, -0.2) is 37.1 Å². The lowest BCUT2D eigenvalue weighted by molar-refractivity contribution is 0.260. The molecule has 0 spiro atoms. The van der Waals surface area contributed by atoms with Crippen LogP contribution in [0.3, 0.4) is 0 Å². The lowest BCUT2D eigenvalue weighted by atomic mass is 10.2. The van der Waals surface area contributed by atoms with Crippen molar-refractivity contribution < 1.29 is 0 Å². The summed E-state index contributed by atoms with van der Waals surface area (Å²) in [6.45, 7) is 4.98. The first-order valence-electron chi connectivity index (χ1n) is 6.67. The highest BCUT2D eigenvalue weighted by molar-refractivity contribution is 5.53. The molecule has 3 rings (SSSR count). The van der Waals surface area contributed by atoms with Gasteiger partial charge in [0.05, 0.1) is 0 Å². The maximum Gasteiger partial charge on any atom is 0.0368 e. The van der Waals surface area contributed by atoms with Crippen molar-refractivity contribution in [1.29, 1.82) is 0 Å². The van der Waals surface area contributed by atoms with Crippen LogP contribution in [0.25, 0.3) is 0 Å². The van der Waals surface area contributed by atoms with Crippen LogP contribution in [0, 0.1) is 0 Å². The van der Waals surface area contributed by atoms with Gasteiger partial charge in [-0.05, 0) is 56.6 Å². The molecule has 0 aromatic heterocycles. The number of hydrogen-bond donors (Lipinski definition) is 1. The first-order valence-corrected chi connectivity index (χ1v) is 6.67. The van der Waals surface area contributed by atoms with Gasteiger partial charge < -0.3 is 10.6 Å². The predicted molar refractivity (Wildman–Crippen MR) is 72.3 cm³/mol. The van der Waals surface area contributed by atoms with Gasteiger partial charge >= 0.3 is 0 Å². The van der Waals surface area contributed by atoms with Gasteiger partial charge in [-0.1, -0.05) is 0 Å². The standard InChI is InChI=1S/C14H21N3/c15-12-3-5-13(6-4-12)17-10-7-14(11-17)16-8-1-2-9-16/h3-6,14H,1-2,7-11,15H2. The van der Waals surface area contributed by atoms with Crippen molar-refractivity contribution >= 4 is 11.4 Å². The van der Waals surface area contributed by atoms with Crippen molar-refractivity contribution in [2.75, 3.05) is 36.8 Å². The SMILES string of the molecule is Nc1ccc(N2CCC(N3CCCC3)C2)cc1. The Hall–Kier alpha value is -1.22. The molecule has 2 aliphatic rings. The Balaban J connectivity index is 1.65. The lowest BCUT2D eigenvalue weighted by Gasteiger charge is -2.24. The zero-order valence-electron chi connectivity index (χ0n) is 10.3. The van der Waals surface area contributed by atoms with E-state index in [9.17, 15) is 0 Å². The van der Waals surface area contributed by atoms with Gasteiger partial charge in [0.15, 0.2) is 0 Å². The molecule has 1 atom stereocenters. The van der Waals surface area contributed by atoms with E-state index in [0.29, 0.717) is 0 Å². The molecule has 2 N–H and O–H groups in total. The molecule has 2 aliphatic heterocycles. The van der Waals surface area contributed by atoms with E-state index in [1.807, 2.05) is 12.1 Å². The highest BCUT2D eigenvalue weighted by Gasteiger charge is 2.29. The minimum absolute atomic E-state index is 0.773. The fourth-order valence-corrected chi connectivity index (χ4v) is 3.07. The van der Waals surface area contributed by atoms with Crippen molar-refractivity contribution in [3.05, 3.63) is 24.3 Å². The van der Waals surface area contributed by atoms with Gasteiger partial charge in [0.25, 0.3) is 0 Å². The molecule has 0 amide bonds. The molecule has 1 aromatic rings. The Labute approximate surface area is 103 Å². The van der Waals surface area contributed by atoms with Crippen molar-refractivity contribution in [1.82, 2.24) is 4.90 Å². The maximum absolute atomic E-state index is 5.73. The number of nitrogens with two attached hydrogens (primary N) is 1. The fraction of sp³-hybridized carbons (Fsp3) is 0.571. The quantitative estimate of drug-likeness (QED) is 0.790. The molecule has 17 heavy (non-hydrogen) atoms. The van der Waals surface area contributed by atoms with Gasteiger partial charge in [-0.3, -0.25) is 4.90 Å². The molecule has 92 valence electrons. The third-order valence-corrected chi connectivity index (χ3v) is 4.08. The summed E-state index contributed by atoms with van der Waals surface area (Å²) in [5.74, 6) is 0. The summed E-state index contributed by atoms with van der Waals surface area (Å²) >= 11 is 0. The zero-order valence-corrected chi connectivity index (χ0v) is 10.3. The highest BCUT2D eigenvalue weighted by atomic mass is 15.3. The second kappa shape index (κ2) is 4.57. The second-order valence-electron chi connectivity index (χ2n) is 5.22. The lowest BCUT2D eigenvalue weighted by Crippen LogP contribution is -2.35. The van der Waals surface area contributed by atoms with Gasteiger partial charge in [-0.15, -0.1) is 0 Å². The number of hydrogen-bond acceptors (Lipinski definition) is 3. The monoisotopic (exact) mass is 231 g/mol. The summed E-state index contributed by atoms with van der Waals surface area (Å²) in [5.41, 5.74) is 7.90. The highest BCUT2D eigenvalue weighted by Crippen LogP contribution is 2.25. The second-order valence-corrected chi connectivity index (χ2v) is 5.22. The van der Waals surface area contributed by atoms with Crippen molar-refractivity contribution in [3.63, 3.8) is 0 Å². The van der Waals surface area contributed by atoms with Crippen LogP contribution in [0.1, 0.15) is 19.3 Å². The van der Waals surface area contributed by atoms with Crippen molar-refractivity contribution in [3.8, 4) is 0 Å². The summed E-state index contributed by atoms with van der Waals surface area (Å²) < 4.78 is 0. The largest absolute Gasteiger partial charge is 0.399 e. The van der Waals surface area contributed by atoms with Crippen molar-refractivity contribution in [2.45, 2.75) is 25.3 Å². The molecule has 0 aliphatic carbocycles. The fourth-order valence-electron chi connectivity index (χ4n) is 3.07. The van der Waals surface area contributed by atoms with E-state index < -0.39 is 0 Å². The normalized spacial score (nSPS) is 25.6. The van der Waals surface area contributed by atoms with Crippen LogP contribution in [0.4, 0.5) is 11.4 Å². The van der Waals surface area contributed by atoms with E-state index in [4.69, 9.17) is 5.73 Å². The number of likely N-dealkylation sites (tertiary alicyclic amines) is 1. The Morgan fingerprint density at radius 3 is 2.41 bits per heavy atom. The molecule has 0 radical (unpaired) electrons. The van der Waals surface area contributed by atoms with Crippen molar-refractivity contribution in [2.24, 2.45) is 0 Å². The molecule has 2 fully saturated rings. The Morgan fingerprint density at radius 1 is 1.00 bits per heavy atom.